The fourth-order valence-corrected chi connectivity index (χ4v) is 16.1. The topological polar surface area (TPSA) is 184 Å². The van der Waals surface area contributed by atoms with Gasteiger partial charge in [-0.15, -0.1) is 0 Å². The van der Waals surface area contributed by atoms with Crippen LogP contribution >= 0.6 is 0 Å². The van der Waals surface area contributed by atoms with E-state index in [1.54, 1.807) is 0 Å². The van der Waals surface area contributed by atoms with Crippen molar-refractivity contribution >= 4 is 40.4 Å². The van der Waals surface area contributed by atoms with Gasteiger partial charge in [0.05, 0.1) is 0 Å². The first kappa shape index (κ1) is 101. The third-order valence-corrected chi connectivity index (χ3v) is 23.4. The van der Waals surface area contributed by atoms with E-state index in [2.05, 4.69) is 34.6 Å². The number of hydrogen-bond donors (Lipinski definition) is 2. The molecule has 2 N–H and O–H groups in total. The highest BCUT2D eigenvalue weighted by molar-refractivity contribution is 6.17. The number of hydrogen-bond acceptors (Lipinski definition) is 12. The normalized spacial score (nSPS) is 11.5. The van der Waals surface area contributed by atoms with Gasteiger partial charge in [-0.2, -0.15) is 0 Å². The zero-order chi connectivity index (χ0) is 80.8. The van der Waals surface area contributed by atoms with Crippen molar-refractivity contribution in [3.63, 3.8) is 0 Å². The predicted molar refractivity (Wildman–Crippen MR) is 471 cm³/mol. The van der Waals surface area contributed by atoms with E-state index in [0.717, 1.165) is 141 Å². The lowest BCUT2D eigenvalue weighted by molar-refractivity contribution is -0.135. The second-order valence-electron chi connectivity index (χ2n) is 33.9. The Balaban J connectivity index is 2.18. The van der Waals surface area contributed by atoms with Gasteiger partial charge in [-0.3, -0.25) is 28.8 Å². The van der Waals surface area contributed by atoms with Crippen molar-refractivity contribution in [1.82, 2.24) is 0 Å². The second-order valence-corrected chi connectivity index (χ2v) is 33.9. The van der Waals surface area contributed by atoms with E-state index in [1.807, 2.05) is 0 Å². The molecular formula is C100H170O12. The van der Waals surface area contributed by atoms with E-state index in [0.29, 0.717) is 32.1 Å². The fourth-order valence-electron chi connectivity index (χ4n) is 16.1. The van der Waals surface area contributed by atoms with Crippen LogP contribution in [0.1, 0.15) is 537 Å². The van der Waals surface area contributed by atoms with Gasteiger partial charge in [-0.05, 0) is 50.3 Å². The molecule has 3 aromatic rings. The molecule has 0 atom stereocenters. The van der Waals surface area contributed by atoms with Crippen LogP contribution in [-0.2, 0) is 14.4 Å². The molecule has 0 saturated carbocycles. The van der Waals surface area contributed by atoms with Gasteiger partial charge in [-0.25, -0.2) is 0 Å². The number of carbonyl (C=O) groups excluding carboxylic acids is 5. The molecule has 0 unspecified atom stereocenters. The van der Waals surface area contributed by atoms with Gasteiger partial charge in [0.25, 0.3) is 0 Å². The maximum absolute atomic E-state index is 16.2. The molecule has 642 valence electrons. The number of benzene rings is 2. The van der Waals surface area contributed by atoms with Gasteiger partial charge in [0.15, 0.2) is 45.9 Å². The average Bonchev–Trinajstić information content (AvgIpc) is 0.723. The Kier molecular flexibility index (Phi) is 64.4. The third kappa shape index (κ3) is 49.2. The summed E-state index contributed by atoms with van der Waals surface area (Å²) in [4.78, 5) is 91.6. The van der Waals surface area contributed by atoms with Crippen LogP contribution in [0.2, 0.25) is 0 Å². The third-order valence-electron chi connectivity index (χ3n) is 23.4. The monoisotopic (exact) mass is 1560 g/mol. The minimum atomic E-state index is -0.978. The Morgan fingerprint density at radius 3 is 0.750 bits per heavy atom. The number of ether oxygens (including phenoxy) is 3. The number of fused-ring (bicyclic) bond motifs is 1. The minimum Gasteiger partial charge on any atom is -0.504 e. The molecule has 2 aromatic carbocycles. The maximum atomic E-state index is 16.2. The number of esters is 3. The lowest BCUT2D eigenvalue weighted by atomic mass is 9.92. The molecule has 0 amide bonds. The van der Waals surface area contributed by atoms with E-state index in [4.69, 9.17) is 18.6 Å². The Labute approximate surface area is 685 Å². The highest BCUT2D eigenvalue weighted by Gasteiger charge is 2.37. The van der Waals surface area contributed by atoms with Crippen LogP contribution in [0.4, 0.5) is 0 Å². The van der Waals surface area contributed by atoms with E-state index < -0.39 is 69.0 Å². The highest BCUT2D eigenvalue weighted by Crippen LogP contribution is 2.46. The Morgan fingerprint density at radius 2 is 0.491 bits per heavy atom. The largest absolute Gasteiger partial charge is 0.504 e. The number of phenolic OH excluding ortho intramolecular Hbond substituents is 2. The number of aromatic hydroxyl groups is 2. The second kappa shape index (κ2) is 71.3. The number of rotatable bonds is 81. The molecule has 12 nitrogen and oxygen atoms in total. The van der Waals surface area contributed by atoms with Crippen molar-refractivity contribution in [2.75, 3.05) is 0 Å². The molecule has 112 heavy (non-hydrogen) atoms. The molecule has 1 heterocycles. The SMILES string of the molecule is CCCCCCCCCCCCCCCCC(=O)Oc1c(C(=O)CCCCCCCCCCCCCCCC)c(OC(=O)CCCCCCCCCCCCCCCC)c2c(=O)c(OC(=O)CCCCCCCCCCCCCCCC)c(-c3ccc(O)c(O)c3)oc2c1C(=O)CCCCCCCCCCCCCCCC. The molecule has 0 radical (unpaired) electrons. The molecule has 1 aromatic heterocycles. The summed E-state index contributed by atoms with van der Waals surface area (Å²) in [5.74, 6) is -5.97. The first-order valence-electron chi connectivity index (χ1n) is 48.3. The Hall–Kier alpha value is -5.00. The van der Waals surface area contributed by atoms with Crippen LogP contribution < -0.4 is 19.6 Å². The van der Waals surface area contributed by atoms with Crippen molar-refractivity contribution in [3.8, 4) is 40.1 Å². The Bertz CT molecular complexity index is 2900. The number of phenols is 2. The van der Waals surface area contributed by atoms with Crippen LogP contribution in [0.3, 0.4) is 0 Å². The summed E-state index contributed by atoms with van der Waals surface area (Å²) in [5, 5.41) is 21.3. The molecule has 0 fully saturated rings. The predicted octanol–water partition coefficient (Wildman–Crippen LogP) is 32.3. The van der Waals surface area contributed by atoms with E-state index in [9.17, 15) is 24.6 Å². The summed E-state index contributed by atoms with van der Waals surface area (Å²) in [5.41, 5.74) is -1.96. The van der Waals surface area contributed by atoms with Gasteiger partial charge in [-0.1, -0.05) is 452 Å². The van der Waals surface area contributed by atoms with Crippen LogP contribution in [0.25, 0.3) is 22.3 Å². The van der Waals surface area contributed by atoms with E-state index in [1.165, 1.54) is 294 Å². The minimum absolute atomic E-state index is 0.0142. The van der Waals surface area contributed by atoms with Gasteiger partial charge in [0.1, 0.15) is 16.5 Å². The molecular weight excluding hydrogens is 1390 g/mol. The maximum Gasteiger partial charge on any atom is 0.311 e. The van der Waals surface area contributed by atoms with Crippen molar-refractivity contribution in [2.24, 2.45) is 0 Å². The van der Waals surface area contributed by atoms with Crippen LogP contribution in [0, 0.1) is 0 Å². The smallest absolute Gasteiger partial charge is 0.311 e. The summed E-state index contributed by atoms with van der Waals surface area (Å²) in [6.45, 7) is 11.3. The van der Waals surface area contributed by atoms with E-state index in [-0.39, 0.29) is 60.1 Å². The zero-order valence-corrected chi connectivity index (χ0v) is 73.2. The standard InChI is InChI=1S/C100H170O12/c1-6-11-16-21-26-31-36-41-46-51-56-61-66-71-76-86(102)92-97(109-89(105)78-73-68-63-58-53-48-43-38-33-28-23-18-13-8-3)93(87(103)77-72-67-62-57-52-47-42-37-32-27-22-17-12-7-2)99-94(98(92)110-90(106)79-74-69-64-59-54-49-44-39-34-29-24-19-14-9-4)95(108)100(96(112-99)84-81-82-85(101)88(104)83-84)111-91(107)80-75-70-65-60-55-50-45-40-35-30-25-20-15-10-5/h81-83,101,104H,6-80H2,1-5H3. The summed E-state index contributed by atoms with van der Waals surface area (Å²) in [7, 11) is 0. The molecule has 0 aliphatic rings. The molecule has 0 spiro atoms. The average molecular weight is 1560 g/mol. The zero-order valence-electron chi connectivity index (χ0n) is 73.2. The number of ketones is 2. The number of unbranched alkanes of at least 4 members (excludes halogenated alkanes) is 65. The summed E-state index contributed by atoms with van der Waals surface area (Å²) < 4.78 is 26.1. The van der Waals surface area contributed by atoms with Crippen LogP contribution in [0.5, 0.6) is 28.7 Å². The van der Waals surface area contributed by atoms with Crippen molar-refractivity contribution in [2.45, 2.75) is 516 Å². The summed E-state index contributed by atoms with van der Waals surface area (Å²) >= 11 is 0. The summed E-state index contributed by atoms with van der Waals surface area (Å²) in [6.07, 6.45) is 78.6. The van der Waals surface area contributed by atoms with Crippen molar-refractivity contribution in [3.05, 3.63) is 39.5 Å². The number of carbonyl (C=O) groups is 5. The first-order valence-corrected chi connectivity index (χ1v) is 48.3. The molecule has 0 aliphatic carbocycles. The molecule has 3 rings (SSSR count). The molecule has 12 heteroatoms. The first-order chi connectivity index (χ1) is 54.9. The molecule has 0 bridgehead atoms. The van der Waals surface area contributed by atoms with Gasteiger partial charge in [0, 0.05) is 37.7 Å². The van der Waals surface area contributed by atoms with Crippen molar-refractivity contribution < 1.29 is 52.8 Å². The van der Waals surface area contributed by atoms with Gasteiger partial charge < -0.3 is 28.8 Å². The quantitative estimate of drug-likeness (QED) is 0.0180. The molecule has 0 aliphatic heterocycles. The highest BCUT2D eigenvalue weighted by atomic mass is 16.6. The van der Waals surface area contributed by atoms with Crippen molar-refractivity contribution in [1.29, 1.82) is 0 Å². The van der Waals surface area contributed by atoms with E-state index >= 15 is 14.4 Å². The van der Waals surface area contributed by atoms with Crippen LogP contribution in [0.15, 0.2) is 27.4 Å². The lowest BCUT2D eigenvalue weighted by Crippen LogP contribution is -2.22. The van der Waals surface area contributed by atoms with Crippen LogP contribution in [-0.4, -0.2) is 39.7 Å². The van der Waals surface area contributed by atoms with Gasteiger partial charge >= 0.3 is 17.9 Å². The summed E-state index contributed by atoms with van der Waals surface area (Å²) in [6, 6.07) is 3.82. The fraction of sp³-hybridized carbons (Fsp3) is 0.800. The molecule has 0 saturated heterocycles. The number of Topliss-reactive ketones (excluding diaryl/α,β-unsaturated/α-hetero) is 2. The lowest BCUT2D eigenvalue weighted by Gasteiger charge is -2.21. The Morgan fingerprint density at radius 1 is 0.268 bits per heavy atom. The van der Waals surface area contributed by atoms with Gasteiger partial charge in [0.2, 0.25) is 11.2 Å².